The number of nitrogen functional groups attached to an aromatic ring is 1. The molecule has 120 valence electrons. The lowest BCUT2D eigenvalue weighted by atomic mass is 9.95. The highest BCUT2D eigenvalue weighted by molar-refractivity contribution is 5.95. The fourth-order valence-electron chi connectivity index (χ4n) is 2.91. The number of aliphatic carboxylic acids is 1. The highest BCUT2D eigenvalue weighted by Crippen LogP contribution is 2.21. The predicted molar refractivity (Wildman–Crippen MR) is 85.5 cm³/mol. The zero-order valence-electron chi connectivity index (χ0n) is 12.8. The average Bonchev–Trinajstić information content (AvgIpc) is 2.48. The molecule has 0 spiro atoms. The van der Waals surface area contributed by atoms with E-state index in [2.05, 4.69) is 10.2 Å². The Morgan fingerprint density at radius 3 is 2.64 bits per heavy atom. The second kappa shape index (κ2) is 7.26. The zero-order valence-corrected chi connectivity index (χ0v) is 12.8. The van der Waals surface area contributed by atoms with Crippen molar-refractivity contribution in [3.05, 3.63) is 24.3 Å². The Labute approximate surface area is 130 Å². The molecule has 0 bridgehead atoms. The minimum atomic E-state index is -0.739. The van der Waals surface area contributed by atoms with Gasteiger partial charge in [-0.2, -0.15) is 0 Å². The summed E-state index contributed by atoms with van der Waals surface area (Å²) in [5, 5.41) is 11.9. The molecule has 6 nitrogen and oxygen atoms in total. The summed E-state index contributed by atoms with van der Waals surface area (Å²) in [6, 6.07) is 6.85. The summed E-state index contributed by atoms with van der Waals surface area (Å²) < 4.78 is 0. The number of likely N-dealkylation sites (tertiary alicyclic amines) is 1. The smallest absolute Gasteiger partial charge is 0.306 e. The second-order valence-corrected chi connectivity index (χ2v) is 5.69. The Morgan fingerprint density at radius 1 is 1.41 bits per heavy atom. The molecule has 1 aromatic carbocycles. The Kier molecular flexibility index (Phi) is 5.38. The van der Waals surface area contributed by atoms with Crippen molar-refractivity contribution in [3.63, 3.8) is 0 Å². The van der Waals surface area contributed by atoms with E-state index < -0.39 is 5.97 Å². The quantitative estimate of drug-likeness (QED) is 0.721. The summed E-state index contributed by atoms with van der Waals surface area (Å²) in [5.74, 6) is -1.09. The van der Waals surface area contributed by atoms with Crippen molar-refractivity contribution >= 4 is 23.3 Å². The van der Waals surface area contributed by atoms with Crippen LogP contribution < -0.4 is 11.1 Å². The molecule has 1 aliphatic rings. The number of carboxylic acids is 1. The molecule has 1 saturated heterocycles. The Morgan fingerprint density at radius 2 is 2.09 bits per heavy atom. The van der Waals surface area contributed by atoms with E-state index in [1.807, 2.05) is 6.92 Å². The van der Waals surface area contributed by atoms with Crippen LogP contribution in [0.1, 0.15) is 26.2 Å². The number of hydrogen-bond acceptors (Lipinski definition) is 4. The Balaban J connectivity index is 1.96. The van der Waals surface area contributed by atoms with Crippen molar-refractivity contribution in [3.8, 4) is 0 Å². The normalized spacial score (nSPS) is 17.9. The van der Waals surface area contributed by atoms with Crippen LogP contribution in [-0.4, -0.2) is 41.0 Å². The van der Waals surface area contributed by atoms with Crippen LogP contribution in [0.2, 0.25) is 0 Å². The molecule has 6 heteroatoms. The number of benzene rings is 1. The molecular weight excluding hydrogens is 282 g/mol. The van der Waals surface area contributed by atoms with Crippen LogP contribution in [0.5, 0.6) is 0 Å². The third kappa shape index (κ3) is 3.98. The van der Waals surface area contributed by atoms with Crippen molar-refractivity contribution in [1.82, 2.24) is 4.90 Å². The first-order chi connectivity index (χ1) is 10.5. The fourth-order valence-corrected chi connectivity index (χ4v) is 2.91. The molecule has 4 N–H and O–H groups in total. The lowest BCUT2D eigenvalue weighted by Crippen LogP contribution is -2.48. The lowest BCUT2D eigenvalue weighted by Gasteiger charge is -2.35. The van der Waals surface area contributed by atoms with Crippen molar-refractivity contribution in [2.75, 3.05) is 24.1 Å². The zero-order chi connectivity index (χ0) is 16.1. The number of anilines is 2. The van der Waals surface area contributed by atoms with Crippen LogP contribution in [-0.2, 0) is 9.59 Å². The summed E-state index contributed by atoms with van der Waals surface area (Å²) >= 11 is 0. The van der Waals surface area contributed by atoms with E-state index in [0.717, 1.165) is 0 Å². The van der Waals surface area contributed by atoms with E-state index in [-0.39, 0.29) is 17.9 Å². The van der Waals surface area contributed by atoms with Gasteiger partial charge in [-0.15, -0.1) is 0 Å². The number of nitrogens with zero attached hydrogens (tertiary/aromatic N) is 1. The van der Waals surface area contributed by atoms with Crippen molar-refractivity contribution in [1.29, 1.82) is 0 Å². The lowest BCUT2D eigenvalue weighted by molar-refractivity contribution is -0.143. The van der Waals surface area contributed by atoms with Gasteiger partial charge in [0.1, 0.15) is 0 Å². The molecule has 2 rings (SSSR count). The molecule has 1 atom stereocenters. The number of amides is 1. The predicted octanol–water partition coefficient (Wildman–Crippen LogP) is 1.78. The van der Waals surface area contributed by atoms with Gasteiger partial charge in [0.25, 0.3) is 0 Å². The summed E-state index contributed by atoms with van der Waals surface area (Å²) in [7, 11) is 0. The number of rotatable bonds is 5. The van der Waals surface area contributed by atoms with Gasteiger partial charge in [-0.05, 0) is 50.6 Å². The van der Waals surface area contributed by atoms with Crippen molar-refractivity contribution < 1.29 is 14.7 Å². The van der Waals surface area contributed by atoms with Crippen LogP contribution in [0.25, 0.3) is 0 Å². The van der Waals surface area contributed by atoms with Crippen LogP contribution in [0.15, 0.2) is 24.3 Å². The molecule has 0 aliphatic carbocycles. The summed E-state index contributed by atoms with van der Waals surface area (Å²) in [6.45, 7) is 3.24. The van der Waals surface area contributed by atoms with Gasteiger partial charge in [0.2, 0.25) is 5.91 Å². The highest BCUT2D eigenvalue weighted by Gasteiger charge is 2.31. The number of hydrogen-bond donors (Lipinski definition) is 3. The topological polar surface area (TPSA) is 95.7 Å². The molecule has 0 saturated carbocycles. The number of carbonyl (C=O) groups is 2. The van der Waals surface area contributed by atoms with E-state index in [1.54, 1.807) is 24.3 Å². The monoisotopic (exact) mass is 305 g/mol. The third-order valence-corrected chi connectivity index (χ3v) is 4.16. The molecule has 1 aromatic rings. The van der Waals surface area contributed by atoms with Crippen molar-refractivity contribution in [2.24, 2.45) is 5.92 Å². The molecule has 0 radical (unpaired) electrons. The van der Waals surface area contributed by atoms with Gasteiger partial charge in [0.15, 0.2) is 0 Å². The minimum absolute atomic E-state index is 0.0677. The summed E-state index contributed by atoms with van der Waals surface area (Å²) in [5.41, 5.74) is 7.00. The highest BCUT2D eigenvalue weighted by atomic mass is 16.4. The van der Waals surface area contributed by atoms with Gasteiger partial charge in [0, 0.05) is 11.4 Å². The fraction of sp³-hybridized carbons (Fsp3) is 0.500. The Bertz CT molecular complexity index is 539. The van der Waals surface area contributed by atoms with Crippen molar-refractivity contribution in [2.45, 2.75) is 32.2 Å². The van der Waals surface area contributed by atoms with Crippen LogP contribution in [0, 0.1) is 5.92 Å². The molecule has 1 unspecified atom stereocenters. The van der Waals surface area contributed by atoms with Crippen LogP contribution in [0.3, 0.4) is 0 Å². The van der Waals surface area contributed by atoms with Gasteiger partial charge in [-0.1, -0.05) is 13.0 Å². The number of carbonyl (C=O) groups excluding carboxylic acids is 1. The molecule has 1 heterocycles. The van der Waals surface area contributed by atoms with Gasteiger partial charge >= 0.3 is 5.97 Å². The van der Waals surface area contributed by atoms with Gasteiger partial charge in [-0.25, -0.2) is 0 Å². The average molecular weight is 305 g/mol. The van der Waals surface area contributed by atoms with Gasteiger partial charge in [-0.3, -0.25) is 14.5 Å². The van der Waals surface area contributed by atoms with E-state index >= 15 is 0 Å². The van der Waals surface area contributed by atoms with Crippen LogP contribution in [0.4, 0.5) is 11.4 Å². The molecular formula is C16H23N3O3. The maximum Gasteiger partial charge on any atom is 0.306 e. The number of nitrogens with one attached hydrogen (secondary N) is 1. The standard InChI is InChI=1S/C16H23N3O3/c1-2-14(19-8-6-11(7-9-19)16(21)22)15(20)18-13-5-3-4-12(17)10-13/h3-5,10-11,14H,2,6-9,17H2,1H3,(H,18,20)(H,21,22). The first-order valence-electron chi connectivity index (χ1n) is 7.64. The van der Waals surface area contributed by atoms with E-state index in [4.69, 9.17) is 10.8 Å². The second-order valence-electron chi connectivity index (χ2n) is 5.69. The molecule has 22 heavy (non-hydrogen) atoms. The largest absolute Gasteiger partial charge is 0.481 e. The Hall–Kier alpha value is -2.08. The van der Waals surface area contributed by atoms with E-state index in [0.29, 0.717) is 43.7 Å². The van der Waals surface area contributed by atoms with Gasteiger partial charge < -0.3 is 16.2 Å². The summed E-state index contributed by atoms with van der Waals surface area (Å²) in [4.78, 5) is 25.5. The minimum Gasteiger partial charge on any atom is -0.481 e. The molecule has 1 amide bonds. The van der Waals surface area contributed by atoms with Crippen LogP contribution >= 0.6 is 0 Å². The third-order valence-electron chi connectivity index (χ3n) is 4.16. The van der Waals surface area contributed by atoms with Gasteiger partial charge in [0.05, 0.1) is 12.0 Å². The maximum atomic E-state index is 12.5. The first-order valence-corrected chi connectivity index (χ1v) is 7.64. The molecule has 1 fully saturated rings. The van der Waals surface area contributed by atoms with E-state index in [1.165, 1.54) is 0 Å². The molecule has 1 aliphatic heterocycles. The number of piperidine rings is 1. The molecule has 0 aromatic heterocycles. The first kappa shape index (κ1) is 16.3. The number of carboxylic acid groups (broad SMARTS) is 1. The van der Waals surface area contributed by atoms with E-state index in [9.17, 15) is 9.59 Å². The SMILES string of the molecule is CCC(C(=O)Nc1cccc(N)c1)N1CCC(C(=O)O)CC1. The maximum absolute atomic E-state index is 12.5. The summed E-state index contributed by atoms with van der Waals surface area (Å²) in [6.07, 6.45) is 1.88. The number of nitrogens with two attached hydrogens (primary N) is 1.